The number of aliphatic carboxylic acids is 3. The first-order valence-corrected chi connectivity index (χ1v) is 20.3. The Kier molecular flexibility index (Phi) is 55.8. The van der Waals surface area contributed by atoms with Crippen LogP contribution in [0.25, 0.3) is 0 Å². The van der Waals surface area contributed by atoms with Gasteiger partial charge in [0, 0.05) is 25.0 Å². The Morgan fingerprint density at radius 2 is 0.604 bits per heavy atom. The molecule has 0 saturated heterocycles. The molecular weight excluding hydrogens is 628 g/mol. The lowest BCUT2D eigenvalue weighted by molar-refractivity contribution is -0.138. The van der Waals surface area contributed by atoms with Crippen molar-refractivity contribution in [3.05, 3.63) is 0 Å². The van der Waals surface area contributed by atoms with Gasteiger partial charge in [-0.05, 0) is 19.3 Å². The zero-order valence-electron chi connectivity index (χ0n) is 31.6. The monoisotopic (exact) mass is 709 g/mol. The van der Waals surface area contributed by atoms with Gasteiger partial charge in [-0.15, -0.1) is 0 Å². The summed E-state index contributed by atoms with van der Waals surface area (Å²) in [6, 6.07) is 0. The highest BCUT2D eigenvalue weighted by molar-refractivity contribution is 7.80. The smallest absolute Gasteiger partial charge is 0.303 e. The number of hydrogen-bond acceptors (Lipinski definition) is 6. The van der Waals surface area contributed by atoms with E-state index in [1.165, 1.54) is 135 Å². The normalized spacial score (nSPS) is 10.9. The Bertz CT molecular complexity index is 553. The first-order chi connectivity index (χ1) is 23.1. The predicted molar refractivity (Wildman–Crippen MR) is 205 cm³/mol. The van der Waals surface area contributed by atoms with Crippen LogP contribution in [0.3, 0.4) is 0 Å². The second-order valence-corrected chi connectivity index (χ2v) is 13.3. The summed E-state index contributed by atoms with van der Waals surface area (Å²) in [4.78, 5) is 30.6. The van der Waals surface area contributed by atoms with Crippen molar-refractivity contribution < 1.29 is 39.9 Å². The highest BCUT2D eigenvalue weighted by Crippen LogP contribution is 2.12. The van der Waals surface area contributed by atoms with Gasteiger partial charge in [-0.1, -0.05) is 175 Å². The largest absolute Gasteiger partial charge is 0.481 e. The molecule has 0 aromatic rings. The van der Waals surface area contributed by atoms with E-state index in [-0.39, 0.29) is 6.61 Å². The quantitative estimate of drug-likeness (QED) is 0.0298. The first kappa shape index (κ1) is 53.5. The van der Waals surface area contributed by atoms with E-state index >= 15 is 0 Å². The standard InChI is InChI=1S/3C12H24O2.C3H8O2S/c3*1-2-3-4-5-6-7-8-9-10-11-12(13)14;4-1-3(5)2-6/h3*2-11H2,1H3,(H,13,14);3-6H,1-2H2. The van der Waals surface area contributed by atoms with E-state index in [1.807, 2.05) is 0 Å². The number of carbonyl (C=O) groups is 3. The van der Waals surface area contributed by atoms with Gasteiger partial charge in [0.05, 0.1) is 12.7 Å². The van der Waals surface area contributed by atoms with Gasteiger partial charge in [0.1, 0.15) is 0 Å². The summed E-state index contributed by atoms with van der Waals surface area (Å²) in [7, 11) is 0. The van der Waals surface area contributed by atoms with Gasteiger partial charge in [0.2, 0.25) is 0 Å². The number of thiol groups is 1. The minimum Gasteiger partial charge on any atom is -0.481 e. The minimum absolute atomic E-state index is 0.191. The Morgan fingerprint density at radius 1 is 0.417 bits per heavy atom. The Hall–Kier alpha value is -1.32. The molecule has 0 heterocycles. The summed E-state index contributed by atoms with van der Waals surface area (Å²) in [6.45, 7) is 6.49. The van der Waals surface area contributed by atoms with Gasteiger partial charge < -0.3 is 25.5 Å². The van der Waals surface area contributed by atoms with Crippen LogP contribution in [-0.2, 0) is 14.4 Å². The molecule has 0 amide bonds. The molecule has 290 valence electrons. The highest BCUT2D eigenvalue weighted by atomic mass is 32.1. The molecule has 0 aromatic heterocycles. The zero-order valence-corrected chi connectivity index (χ0v) is 32.5. The third-order valence-corrected chi connectivity index (χ3v) is 8.33. The number of aliphatic hydroxyl groups is 2. The van der Waals surface area contributed by atoms with Crippen LogP contribution in [0.5, 0.6) is 0 Å². The van der Waals surface area contributed by atoms with Gasteiger partial charge in [-0.2, -0.15) is 12.6 Å². The van der Waals surface area contributed by atoms with Crippen LogP contribution in [0.15, 0.2) is 0 Å². The van der Waals surface area contributed by atoms with E-state index in [0.29, 0.717) is 25.0 Å². The molecule has 0 saturated carbocycles. The number of aliphatic hydroxyl groups excluding tert-OH is 2. The van der Waals surface area contributed by atoms with E-state index in [1.54, 1.807) is 0 Å². The summed E-state index contributed by atoms with van der Waals surface area (Å²) in [5, 5.41) is 41.6. The van der Waals surface area contributed by atoms with Crippen LogP contribution in [0, 0.1) is 0 Å². The van der Waals surface area contributed by atoms with Gasteiger partial charge >= 0.3 is 17.9 Å². The van der Waals surface area contributed by atoms with Gasteiger partial charge in [0.25, 0.3) is 0 Å². The van der Waals surface area contributed by atoms with Crippen LogP contribution in [0.1, 0.15) is 213 Å². The Labute approximate surface area is 301 Å². The van der Waals surface area contributed by atoms with Crippen LogP contribution in [0.2, 0.25) is 0 Å². The highest BCUT2D eigenvalue weighted by Gasteiger charge is 1.98. The third-order valence-electron chi connectivity index (χ3n) is 7.90. The molecule has 0 rings (SSSR count). The molecule has 48 heavy (non-hydrogen) atoms. The van der Waals surface area contributed by atoms with Crippen LogP contribution in [0.4, 0.5) is 0 Å². The summed E-state index contributed by atoms with van der Waals surface area (Å²) in [5.74, 6) is -1.65. The second-order valence-electron chi connectivity index (χ2n) is 12.9. The fourth-order valence-electron chi connectivity index (χ4n) is 4.82. The van der Waals surface area contributed by atoms with Gasteiger partial charge in [-0.3, -0.25) is 14.4 Å². The number of unbranched alkanes of at least 4 members (excludes halogenated alkanes) is 24. The van der Waals surface area contributed by atoms with Crippen molar-refractivity contribution in [2.24, 2.45) is 0 Å². The number of carboxylic acids is 3. The van der Waals surface area contributed by atoms with E-state index in [4.69, 9.17) is 25.5 Å². The first-order valence-electron chi connectivity index (χ1n) is 19.7. The zero-order chi connectivity index (χ0) is 36.9. The van der Waals surface area contributed by atoms with Gasteiger partial charge in [0.15, 0.2) is 0 Å². The molecule has 0 spiro atoms. The summed E-state index contributed by atoms with van der Waals surface area (Å²) < 4.78 is 0. The minimum atomic E-state index is -0.659. The lowest BCUT2D eigenvalue weighted by Crippen LogP contribution is -2.12. The van der Waals surface area contributed by atoms with Gasteiger partial charge in [-0.25, -0.2) is 0 Å². The fraction of sp³-hybridized carbons (Fsp3) is 0.923. The van der Waals surface area contributed by atoms with Crippen LogP contribution >= 0.6 is 12.6 Å². The molecule has 0 radical (unpaired) electrons. The van der Waals surface area contributed by atoms with Crippen molar-refractivity contribution >= 4 is 30.5 Å². The average molecular weight is 709 g/mol. The molecule has 0 fully saturated rings. The van der Waals surface area contributed by atoms with Crippen molar-refractivity contribution in [1.29, 1.82) is 0 Å². The molecular formula is C39H80O8S. The molecule has 1 atom stereocenters. The SMILES string of the molecule is CCCCCCCCCCCC(=O)O.CCCCCCCCCCCC(=O)O.CCCCCCCCCCCC(=O)O.OCC(O)CS. The Morgan fingerprint density at radius 3 is 0.729 bits per heavy atom. The maximum atomic E-state index is 10.2. The lowest BCUT2D eigenvalue weighted by Gasteiger charge is -2.00. The topological polar surface area (TPSA) is 152 Å². The van der Waals surface area contributed by atoms with Crippen molar-refractivity contribution in [2.75, 3.05) is 12.4 Å². The van der Waals surface area contributed by atoms with Crippen molar-refractivity contribution in [3.63, 3.8) is 0 Å². The molecule has 0 aromatic carbocycles. The van der Waals surface area contributed by atoms with Crippen molar-refractivity contribution in [2.45, 2.75) is 219 Å². The van der Waals surface area contributed by atoms with Crippen molar-refractivity contribution in [3.8, 4) is 0 Å². The summed E-state index contributed by atoms with van der Waals surface area (Å²) >= 11 is 3.69. The van der Waals surface area contributed by atoms with E-state index in [9.17, 15) is 14.4 Å². The molecule has 0 aliphatic rings. The van der Waals surface area contributed by atoms with Crippen LogP contribution in [-0.4, -0.2) is 61.9 Å². The average Bonchev–Trinajstić information content (AvgIpc) is 3.06. The lowest BCUT2D eigenvalue weighted by atomic mass is 10.1. The molecule has 0 aliphatic heterocycles. The van der Waals surface area contributed by atoms with E-state index in [2.05, 4.69) is 33.4 Å². The maximum Gasteiger partial charge on any atom is 0.303 e. The number of rotatable bonds is 32. The molecule has 8 nitrogen and oxygen atoms in total. The molecule has 1 unspecified atom stereocenters. The summed E-state index contributed by atoms with van der Waals surface area (Å²) in [5.41, 5.74) is 0. The van der Waals surface area contributed by atoms with Crippen molar-refractivity contribution in [1.82, 2.24) is 0 Å². The molecule has 0 bridgehead atoms. The third kappa shape index (κ3) is 67.0. The van der Waals surface area contributed by atoms with Crippen LogP contribution < -0.4 is 0 Å². The predicted octanol–water partition coefficient (Wildman–Crippen LogP) is 11.2. The summed E-state index contributed by atoms with van der Waals surface area (Å²) in [6.07, 6.45) is 33.8. The molecule has 5 N–H and O–H groups in total. The number of carboxylic acid groups (broad SMARTS) is 3. The van der Waals surface area contributed by atoms with E-state index in [0.717, 1.165) is 38.5 Å². The number of hydrogen-bond donors (Lipinski definition) is 6. The molecule has 9 heteroatoms. The maximum absolute atomic E-state index is 10.2. The Balaban J connectivity index is -0.000000279. The second kappa shape index (κ2) is 50.1. The fourth-order valence-corrected chi connectivity index (χ4v) is 4.93. The molecule has 0 aliphatic carbocycles. The van der Waals surface area contributed by atoms with E-state index < -0.39 is 24.0 Å².